The lowest BCUT2D eigenvalue weighted by atomic mass is 10.2. The Bertz CT molecular complexity index is 759. The molecule has 2 aromatic rings. The summed E-state index contributed by atoms with van der Waals surface area (Å²) in [6, 6.07) is 7.18. The second-order valence-electron chi connectivity index (χ2n) is 6.10. The first-order valence-electron chi connectivity index (χ1n) is 8.92. The first-order valence-corrected chi connectivity index (χ1v) is 10.6. The van der Waals surface area contributed by atoms with Gasteiger partial charge in [0.05, 0.1) is 5.69 Å². The van der Waals surface area contributed by atoms with Gasteiger partial charge in [0.15, 0.2) is 5.13 Å². The molecule has 0 bridgehead atoms. The minimum absolute atomic E-state index is 0.00517. The number of rotatable bonds is 9. The minimum Gasteiger partial charge on any atom is -0.328 e. The van der Waals surface area contributed by atoms with Crippen molar-refractivity contribution in [2.24, 2.45) is 0 Å². The van der Waals surface area contributed by atoms with Crippen LogP contribution in [0.5, 0.6) is 0 Å². The molecular weight excluding hydrogens is 428 g/mol. The average Bonchev–Trinajstić information content (AvgIpc) is 3.06. The molecule has 1 heterocycles. The minimum atomic E-state index is -0.241. The van der Waals surface area contributed by atoms with Gasteiger partial charge in [-0.25, -0.2) is 4.98 Å². The van der Waals surface area contributed by atoms with Gasteiger partial charge >= 0.3 is 0 Å². The van der Waals surface area contributed by atoms with Gasteiger partial charge in [-0.3, -0.25) is 9.59 Å². The second kappa shape index (κ2) is 10.5. The predicted molar refractivity (Wildman–Crippen MR) is 113 cm³/mol. The summed E-state index contributed by atoms with van der Waals surface area (Å²) >= 11 is 4.75. The summed E-state index contributed by atoms with van der Waals surface area (Å²) in [5.41, 5.74) is 1.43. The van der Waals surface area contributed by atoms with Gasteiger partial charge in [0.25, 0.3) is 5.91 Å². The number of nitrogens with one attached hydrogen (secondary N) is 1. The Labute approximate surface area is 172 Å². The van der Waals surface area contributed by atoms with Crippen LogP contribution in [0.2, 0.25) is 0 Å². The van der Waals surface area contributed by atoms with Gasteiger partial charge in [-0.2, -0.15) is 0 Å². The van der Waals surface area contributed by atoms with Crippen LogP contribution in [0, 0.1) is 6.92 Å². The Balaban J connectivity index is 2.08. The van der Waals surface area contributed by atoms with Crippen LogP contribution in [0.15, 0.2) is 34.1 Å². The molecule has 0 saturated carbocycles. The number of aromatic nitrogens is 1. The van der Waals surface area contributed by atoms with E-state index in [2.05, 4.69) is 45.0 Å². The number of likely N-dealkylation sites (N-methyl/N-ethyl adjacent to an activating group) is 1. The number of benzene rings is 1. The molecule has 1 aromatic heterocycles. The Morgan fingerprint density at radius 3 is 2.37 bits per heavy atom. The molecule has 0 fully saturated rings. The fourth-order valence-corrected chi connectivity index (χ4v) is 3.54. The van der Waals surface area contributed by atoms with Crippen LogP contribution in [-0.4, -0.2) is 59.3 Å². The molecule has 0 aliphatic rings. The van der Waals surface area contributed by atoms with Gasteiger partial charge in [-0.1, -0.05) is 29.8 Å². The van der Waals surface area contributed by atoms with Crippen molar-refractivity contribution in [2.45, 2.75) is 20.8 Å². The van der Waals surface area contributed by atoms with E-state index in [0.29, 0.717) is 17.2 Å². The van der Waals surface area contributed by atoms with Crippen molar-refractivity contribution < 1.29 is 9.59 Å². The zero-order chi connectivity index (χ0) is 19.8. The van der Waals surface area contributed by atoms with E-state index in [-0.39, 0.29) is 18.4 Å². The quantitative estimate of drug-likeness (QED) is 0.630. The number of amides is 2. The normalized spacial score (nSPS) is 10.9. The maximum atomic E-state index is 12.9. The summed E-state index contributed by atoms with van der Waals surface area (Å²) in [6.07, 6.45) is 0. The van der Waals surface area contributed by atoms with E-state index in [1.807, 2.05) is 24.4 Å². The SMILES string of the molecule is CCN(CC)CCN(CC(=O)Nc1nc(C)cs1)C(=O)c1ccc(Br)cc1. The number of hydrogen-bond acceptors (Lipinski definition) is 5. The van der Waals surface area contributed by atoms with E-state index in [1.54, 1.807) is 17.0 Å². The molecule has 0 saturated heterocycles. The van der Waals surface area contributed by atoms with Gasteiger partial charge in [-0.05, 0) is 44.3 Å². The second-order valence-corrected chi connectivity index (χ2v) is 7.88. The highest BCUT2D eigenvalue weighted by atomic mass is 79.9. The Morgan fingerprint density at radius 1 is 1.15 bits per heavy atom. The number of halogens is 1. The third-order valence-corrected chi connectivity index (χ3v) is 5.56. The van der Waals surface area contributed by atoms with Crippen LogP contribution in [0.1, 0.15) is 29.9 Å². The van der Waals surface area contributed by atoms with E-state index in [0.717, 1.165) is 29.8 Å². The summed E-state index contributed by atoms with van der Waals surface area (Å²) in [4.78, 5) is 33.4. The molecular formula is C19H25BrN4O2S. The fraction of sp³-hybridized carbons (Fsp3) is 0.421. The van der Waals surface area contributed by atoms with Crippen molar-refractivity contribution in [3.63, 3.8) is 0 Å². The smallest absolute Gasteiger partial charge is 0.254 e. The first kappa shape index (κ1) is 21.5. The van der Waals surface area contributed by atoms with E-state index >= 15 is 0 Å². The van der Waals surface area contributed by atoms with Crippen LogP contribution >= 0.6 is 27.3 Å². The third-order valence-electron chi connectivity index (χ3n) is 4.16. The van der Waals surface area contributed by atoms with Gasteiger partial charge < -0.3 is 15.1 Å². The Kier molecular flexibility index (Phi) is 8.40. The van der Waals surface area contributed by atoms with E-state index in [4.69, 9.17) is 0 Å². The van der Waals surface area contributed by atoms with Crippen LogP contribution in [0.3, 0.4) is 0 Å². The maximum absolute atomic E-state index is 12.9. The highest BCUT2D eigenvalue weighted by molar-refractivity contribution is 9.10. The number of anilines is 1. The summed E-state index contributed by atoms with van der Waals surface area (Å²) in [7, 11) is 0. The topological polar surface area (TPSA) is 65.5 Å². The fourth-order valence-electron chi connectivity index (χ4n) is 2.57. The number of hydrogen-bond donors (Lipinski definition) is 1. The van der Waals surface area contributed by atoms with Gasteiger partial charge in [-0.15, -0.1) is 11.3 Å². The van der Waals surface area contributed by atoms with Gasteiger partial charge in [0, 0.05) is 28.5 Å². The van der Waals surface area contributed by atoms with Crippen molar-refractivity contribution in [2.75, 3.05) is 38.0 Å². The monoisotopic (exact) mass is 452 g/mol. The van der Waals surface area contributed by atoms with Crippen LogP contribution in [0.25, 0.3) is 0 Å². The lowest BCUT2D eigenvalue weighted by Gasteiger charge is -2.26. The third kappa shape index (κ3) is 6.71. The zero-order valence-corrected chi connectivity index (χ0v) is 18.3. The molecule has 1 N–H and O–H groups in total. The highest BCUT2D eigenvalue weighted by Gasteiger charge is 2.20. The van der Waals surface area contributed by atoms with E-state index < -0.39 is 0 Å². The molecule has 0 spiro atoms. The van der Waals surface area contributed by atoms with Crippen LogP contribution < -0.4 is 5.32 Å². The molecule has 146 valence electrons. The number of carbonyl (C=O) groups excluding carboxylic acids is 2. The molecule has 8 heteroatoms. The van der Waals surface area contributed by atoms with Crippen molar-refractivity contribution in [1.29, 1.82) is 0 Å². The Hall–Kier alpha value is -1.77. The van der Waals surface area contributed by atoms with Crippen LogP contribution in [-0.2, 0) is 4.79 Å². The highest BCUT2D eigenvalue weighted by Crippen LogP contribution is 2.15. The predicted octanol–water partition coefficient (Wildman–Crippen LogP) is 3.64. The molecule has 0 atom stereocenters. The van der Waals surface area contributed by atoms with Crippen molar-refractivity contribution in [3.05, 3.63) is 45.4 Å². The number of nitrogens with zero attached hydrogens (tertiary/aromatic N) is 3. The van der Waals surface area contributed by atoms with Crippen molar-refractivity contribution in [1.82, 2.24) is 14.8 Å². The van der Waals surface area contributed by atoms with Gasteiger partial charge in [0.2, 0.25) is 5.91 Å². The lowest BCUT2D eigenvalue weighted by molar-refractivity contribution is -0.116. The lowest BCUT2D eigenvalue weighted by Crippen LogP contribution is -2.42. The molecule has 0 unspecified atom stereocenters. The average molecular weight is 453 g/mol. The molecule has 27 heavy (non-hydrogen) atoms. The molecule has 0 aliphatic heterocycles. The molecule has 2 amide bonds. The standard InChI is InChI=1S/C19H25BrN4O2S/c1-4-23(5-2)10-11-24(18(26)15-6-8-16(20)9-7-15)12-17(25)22-19-21-14(3)13-27-19/h6-9,13H,4-5,10-12H2,1-3H3,(H,21,22,25). The number of carbonyl (C=O) groups is 2. The van der Waals surface area contributed by atoms with Crippen molar-refractivity contribution >= 4 is 44.2 Å². The maximum Gasteiger partial charge on any atom is 0.254 e. The van der Waals surface area contributed by atoms with Crippen molar-refractivity contribution in [3.8, 4) is 0 Å². The van der Waals surface area contributed by atoms with Crippen LogP contribution in [0.4, 0.5) is 5.13 Å². The summed E-state index contributed by atoms with van der Waals surface area (Å²) in [5, 5.41) is 5.21. The number of aryl methyl sites for hydroxylation is 1. The van der Waals surface area contributed by atoms with E-state index in [1.165, 1.54) is 11.3 Å². The molecule has 0 aliphatic carbocycles. The first-order chi connectivity index (χ1) is 12.9. The zero-order valence-electron chi connectivity index (χ0n) is 15.9. The molecule has 0 radical (unpaired) electrons. The largest absolute Gasteiger partial charge is 0.328 e. The number of thiazole rings is 1. The molecule has 2 rings (SSSR count). The molecule has 6 nitrogen and oxygen atoms in total. The summed E-state index contributed by atoms with van der Waals surface area (Å²) in [6.45, 7) is 9.06. The summed E-state index contributed by atoms with van der Waals surface area (Å²) in [5.74, 6) is -0.394. The summed E-state index contributed by atoms with van der Waals surface area (Å²) < 4.78 is 0.908. The van der Waals surface area contributed by atoms with Gasteiger partial charge in [0.1, 0.15) is 6.54 Å². The van der Waals surface area contributed by atoms with E-state index in [9.17, 15) is 9.59 Å². The Morgan fingerprint density at radius 2 is 1.81 bits per heavy atom. The molecule has 1 aromatic carbocycles.